The average Bonchev–Trinajstić information content (AvgIpc) is 2.24. The van der Waals surface area contributed by atoms with Gasteiger partial charge < -0.3 is 0 Å². The van der Waals surface area contributed by atoms with E-state index < -0.39 is 0 Å². The summed E-state index contributed by atoms with van der Waals surface area (Å²) in [4.78, 5) is 4.69. The third-order valence-corrected chi connectivity index (χ3v) is 3.62. The molecule has 2 rings (SSSR count). The number of pyridine rings is 1. The zero-order valence-corrected chi connectivity index (χ0v) is 11.4. The van der Waals surface area contributed by atoms with Crippen LogP contribution in [0.3, 0.4) is 0 Å². The lowest BCUT2D eigenvalue weighted by Crippen LogP contribution is -1.97. The summed E-state index contributed by atoms with van der Waals surface area (Å²) in [7, 11) is 0. The van der Waals surface area contributed by atoms with Crippen molar-refractivity contribution in [1.29, 1.82) is 0 Å². The molecule has 1 heterocycles. The molecule has 2 heteroatoms. The number of aromatic nitrogens is 1. The normalized spacial score (nSPS) is 10.9. The molecule has 1 aromatic heterocycles. The third kappa shape index (κ3) is 1.87. The molecule has 0 spiro atoms. The number of rotatable bonds is 1. The molecule has 2 aromatic rings. The Kier molecular flexibility index (Phi) is 2.96. The molecule has 0 aliphatic carbocycles. The Morgan fingerprint density at radius 1 is 1.20 bits per heavy atom. The van der Waals surface area contributed by atoms with E-state index >= 15 is 0 Å². The molecule has 0 bridgehead atoms. The van der Waals surface area contributed by atoms with Gasteiger partial charge in [0, 0.05) is 14.7 Å². The summed E-state index contributed by atoms with van der Waals surface area (Å²) in [6, 6.07) is 6.44. The Hall–Kier alpha value is -0.640. The molecular weight excluding hydrogens is 297 g/mol. The molecule has 0 saturated carbocycles. The van der Waals surface area contributed by atoms with Crippen molar-refractivity contribution in [2.24, 2.45) is 0 Å². The lowest BCUT2D eigenvalue weighted by atomic mass is 10.0. The Labute approximate surface area is 104 Å². The van der Waals surface area contributed by atoms with Gasteiger partial charge in [0.25, 0.3) is 0 Å². The number of hydrogen-bond acceptors (Lipinski definition) is 1. The van der Waals surface area contributed by atoms with Crippen LogP contribution in [0.5, 0.6) is 0 Å². The van der Waals surface area contributed by atoms with Gasteiger partial charge in [-0.2, -0.15) is 0 Å². The molecule has 78 valence electrons. The van der Waals surface area contributed by atoms with Gasteiger partial charge in [-0.1, -0.05) is 6.92 Å². The predicted octanol–water partition coefficient (Wildman–Crippen LogP) is 4.02. The number of aryl methyl sites for hydroxylation is 2. The van der Waals surface area contributed by atoms with E-state index in [1.807, 2.05) is 0 Å². The van der Waals surface area contributed by atoms with E-state index in [1.54, 1.807) is 0 Å². The van der Waals surface area contributed by atoms with Crippen LogP contribution in [0.1, 0.15) is 23.7 Å². The fourth-order valence-electron chi connectivity index (χ4n) is 1.90. The molecule has 0 amide bonds. The molecule has 0 radical (unpaired) electrons. The van der Waals surface area contributed by atoms with Crippen LogP contribution in [0.15, 0.2) is 18.2 Å². The van der Waals surface area contributed by atoms with Crippen LogP contribution in [-0.2, 0) is 6.42 Å². The Morgan fingerprint density at radius 2 is 1.93 bits per heavy atom. The van der Waals surface area contributed by atoms with Gasteiger partial charge in [-0.25, -0.2) is 0 Å². The highest BCUT2D eigenvalue weighted by Crippen LogP contribution is 2.24. The summed E-state index contributed by atoms with van der Waals surface area (Å²) < 4.78 is 1.27. The number of fused-ring (bicyclic) bond motifs is 1. The lowest BCUT2D eigenvalue weighted by Gasteiger charge is -2.10. The Morgan fingerprint density at radius 3 is 2.60 bits per heavy atom. The van der Waals surface area contributed by atoms with Crippen molar-refractivity contribution in [3.05, 3.63) is 38.6 Å². The minimum absolute atomic E-state index is 1.01. The topological polar surface area (TPSA) is 12.9 Å². The summed E-state index contributed by atoms with van der Waals surface area (Å²) in [5.74, 6) is 0. The van der Waals surface area contributed by atoms with Crippen LogP contribution >= 0.6 is 22.6 Å². The number of halogens is 1. The van der Waals surface area contributed by atoms with Gasteiger partial charge >= 0.3 is 0 Å². The fourth-order valence-corrected chi connectivity index (χ4v) is 2.39. The highest BCUT2D eigenvalue weighted by molar-refractivity contribution is 14.1. The largest absolute Gasteiger partial charge is 0.253 e. The number of nitrogens with zero attached hydrogens (tertiary/aromatic N) is 1. The van der Waals surface area contributed by atoms with Crippen molar-refractivity contribution in [3.8, 4) is 0 Å². The smallest absolute Gasteiger partial charge is 0.0708 e. The van der Waals surface area contributed by atoms with Crippen LogP contribution in [0.2, 0.25) is 0 Å². The second-order valence-electron chi connectivity index (χ2n) is 3.82. The molecule has 1 aromatic carbocycles. The van der Waals surface area contributed by atoms with Crippen molar-refractivity contribution in [3.63, 3.8) is 0 Å². The van der Waals surface area contributed by atoms with Gasteiger partial charge in [0.1, 0.15) is 0 Å². The first-order valence-corrected chi connectivity index (χ1v) is 6.26. The van der Waals surface area contributed by atoms with Gasteiger partial charge in [0.2, 0.25) is 0 Å². The van der Waals surface area contributed by atoms with E-state index in [2.05, 4.69) is 61.6 Å². The lowest BCUT2D eigenvalue weighted by molar-refractivity contribution is 1.02. The van der Waals surface area contributed by atoms with Crippen molar-refractivity contribution in [2.75, 3.05) is 0 Å². The fraction of sp³-hybridized carbons (Fsp3) is 0.308. The molecule has 0 fully saturated rings. The zero-order chi connectivity index (χ0) is 11.0. The van der Waals surface area contributed by atoms with Gasteiger partial charge in [-0.3, -0.25) is 4.98 Å². The first-order chi connectivity index (χ1) is 7.13. The van der Waals surface area contributed by atoms with E-state index in [-0.39, 0.29) is 0 Å². The number of hydrogen-bond donors (Lipinski definition) is 0. The highest BCUT2D eigenvalue weighted by atomic mass is 127. The SMILES string of the molecule is CCc1nc2ccc(I)cc2c(C)c1C. The first-order valence-electron chi connectivity index (χ1n) is 5.18. The summed E-state index contributed by atoms with van der Waals surface area (Å²) >= 11 is 2.35. The number of benzene rings is 1. The van der Waals surface area contributed by atoms with Crippen LogP contribution in [-0.4, -0.2) is 4.98 Å². The zero-order valence-electron chi connectivity index (χ0n) is 9.26. The maximum absolute atomic E-state index is 4.69. The quantitative estimate of drug-likeness (QED) is 0.725. The molecular formula is C13H14IN. The molecule has 1 nitrogen and oxygen atoms in total. The van der Waals surface area contributed by atoms with Crippen LogP contribution in [0.25, 0.3) is 10.9 Å². The molecule has 0 aliphatic rings. The average molecular weight is 311 g/mol. The van der Waals surface area contributed by atoms with E-state index in [4.69, 9.17) is 4.98 Å². The van der Waals surface area contributed by atoms with E-state index in [9.17, 15) is 0 Å². The van der Waals surface area contributed by atoms with E-state index in [0.717, 1.165) is 11.9 Å². The molecule has 0 saturated heterocycles. The highest BCUT2D eigenvalue weighted by Gasteiger charge is 2.07. The van der Waals surface area contributed by atoms with Gasteiger partial charge in [0.15, 0.2) is 0 Å². The molecule has 0 aliphatic heterocycles. The minimum Gasteiger partial charge on any atom is -0.253 e. The molecule has 0 N–H and O–H groups in total. The predicted molar refractivity (Wildman–Crippen MR) is 73.3 cm³/mol. The Bertz CT molecular complexity index is 517. The maximum Gasteiger partial charge on any atom is 0.0708 e. The van der Waals surface area contributed by atoms with E-state index in [1.165, 1.54) is 25.8 Å². The molecule has 15 heavy (non-hydrogen) atoms. The van der Waals surface area contributed by atoms with E-state index in [0.29, 0.717) is 0 Å². The van der Waals surface area contributed by atoms with Crippen LogP contribution in [0.4, 0.5) is 0 Å². The Balaban J connectivity index is 2.84. The van der Waals surface area contributed by atoms with Gasteiger partial charge in [-0.15, -0.1) is 0 Å². The van der Waals surface area contributed by atoms with Crippen molar-refractivity contribution >= 4 is 33.5 Å². The van der Waals surface area contributed by atoms with Crippen LogP contribution < -0.4 is 0 Å². The molecule has 0 unspecified atom stereocenters. The van der Waals surface area contributed by atoms with Crippen molar-refractivity contribution in [2.45, 2.75) is 27.2 Å². The second kappa shape index (κ2) is 4.08. The standard InChI is InChI=1S/C13H14IN/c1-4-12-9(3)8(2)11-7-10(14)5-6-13(11)15-12/h5-7H,4H2,1-3H3. The summed E-state index contributed by atoms with van der Waals surface area (Å²) in [6.45, 7) is 6.52. The van der Waals surface area contributed by atoms with Crippen molar-refractivity contribution < 1.29 is 0 Å². The van der Waals surface area contributed by atoms with Crippen LogP contribution in [0, 0.1) is 17.4 Å². The van der Waals surface area contributed by atoms with Gasteiger partial charge in [0.05, 0.1) is 5.52 Å². The third-order valence-electron chi connectivity index (χ3n) is 2.95. The summed E-state index contributed by atoms with van der Waals surface area (Å²) in [5, 5.41) is 1.29. The summed E-state index contributed by atoms with van der Waals surface area (Å²) in [5.41, 5.74) is 5.05. The minimum atomic E-state index is 1.01. The van der Waals surface area contributed by atoms with Gasteiger partial charge in [-0.05, 0) is 72.2 Å². The first kappa shape index (κ1) is 10.9. The monoisotopic (exact) mass is 311 g/mol. The summed E-state index contributed by atoms with van der Waals surface area (Å²) in [6.07, 6.45) is 1.01. The van der Waals surface area contributed by atoms with Crippen molar-refractivity contribution in [1.82, 2.24) is 4.98 Å². The molecule has 0 atom stereocenters. The second-order valence-corrected chi connectivity index (χ2v) is 5.07. The maximum atomic E-state index is 4.69.